The Morgan fingerprint density at radius 2 is 1.87 bits per heavy atom. The molecule has 0 atom stereocenters. The molecule has 88 valence electrons. The van der Waals surface area contributed by atoms with E-state index in [0.717, 1.165) is 25.2 Å². The highest BCUT2D eigenvalue weighted by atomic mass is 35.5. The van der Waals surface area contributed by atoms with Gasteiger partial charge in [-0.1, -0.05) is 6.58 Å². The van der Waals surface area contributed by atoms with Crippen LogP contribution >= 0.6 is 11.6 Å². The predicted octanol–water partition coefficient (Wildman–Crippen LogP) is 0.359. The number of nitrogens with zero attached hydrogens (tertiary/aromatic N) is 2. The van der Waals surface area contributed by atoms with Crippen molar-refractivity contribution in [1.82, 2.24) is 9.21 Å². The lowest BCUT2D eigenvalue weighted by Gasteiger charge is -2.33. The third-order valence-corrected chi connectivity index (χ3v) is 4.12. The van der Waals surface area contributed by atoms with Crippen LogP contribution in [-0.4, -0.2) is 62.5 Å². The van der Waals surface area contributed by atoms with Crippen LogP contribution in [0.3, 0.4) is 0 Å². The second kappa shape index (κ2) is 5.30. The molecule has 1 heterocycles. The fourth-order valence-electron chi connectivity index (χ4n) is 1.58. The minimum atomic E-state index is -3.03. The van der Waals surface area contributed by atoms with Crippen LogP contribution in [0.4, 0.5) is 0 Å². The predicted molar refractivity (Wildman–Crippen MR) is 62.7 cm³/mol. The minimum Gasteiger partial charge on any atom is -0.297 e. The van der Waals surface area contributed by atoms with Crippen molar-refractivity contribution >= 4 is 21.6 Å². The van der Waals surface area contributed by atoms with E-state index in [0.29, 0.717) is 19.0 Å². The smallest absolute Gasteiger partial charge is 0.211 e. The number of hydrogen-bond donors (Lipinski definition) is 0. The topological polar surface area (TPSA) is 40.6 Å². The van der Waals surface area contributed by atoms with E-state index in [-0.39, 0.29) is 0 Å². The van der Waals surface area contributed by atoms with E-state index < -0.39 is 10.0 Å². The van der Waals surface area contributed by atoms with Crippen molar-refractivity contribution in [3.05, 3.63) is 12.2 Å². The van der Waals surface area contributed by atoms with E-state index >= 15 is 0 Å². The third-order valence-electron chi connectivity index (χ3n) is 2.44. The molecule has 0 N–H and O–H groups in total. The van der Waals surface area contributed by atoms with Crippen molar-refractivity contribution in [2.75, 3.05) is 44.9 Å². The minimum absolute atomic E-state index is 0.465. The summed E-state index contributed by atoms with van der Waals surface area (Å²) in [6.07, 6.45) is 1.25. The summed E-state index contributed by atoms with van der Waals surface area (Å²) in [5, 5.41) is 0. The van der Waals surface area contributed by atoms with Crippen molar-refractivity contribution in [3.8, 4) is 0 Å². The zero-order chi connectivity index (χ0) is 11.5. The molecule has 0 aliphatic carbocycles. The molecular weight excluding hydrogens is 236 g/mol. The van der Waals surface area contributed by atoms with Crippen molar-refractivity contribution < 1.29 is 8.42 Å². The molecule has 1 aliphatic heterocycles. The molecular formula is C9H17ClN2O2S. The summed E-state index contributed by atoms with van der Waals surface area (Å²) in [6, 6.07) is 0. The summed E-state index contributed by atoms with van der Waals surface area (Å²) in [6.45, 7) is 7.23. The van der Waals surface area contributed by atoms with E-state index in [2.05, 4.69) is 11.5 Å². The largest absolute Gasteiger partial charge is 0.297 e. The summed E-state index contributed by atoms with van der Waals surface area (Å²) < 4.78 is 24.0. The monoisotopic (exact) mass is 252 g/mol. The van der Waals surface area contributed by atoms with Gasteiger partial charge in [-0.05, 0) is 5.57 Å². The Morgan fingerprint density at radius 1 is 1.33 bits per heavy atom. The Bertz CT molecular complexity index is 321. The first kappa shape index (κ1) is 13.0. The van der Waals surface area contributed by atoms with E-state index in [9.17, 15) is 8.42 Å². The van der Waals surface area contributed by atoms with Gasteiger partial charge in [0.2, 0.25) is 10.0 Å². The second-order valence-electron chi connectivity index (χ2n) is 3.82. The molecule has 6 heteroatoms. The molecule has 0 aromatic heterocycles. The van der Waals surface area contributed by atoms with Gasteiger partial charge in [0, 0.05) is 38.6 Å². The number of hydrogen-bond acceptors (Lipinski definition) is 3. The fraction of sp³-hybridized carbons (Fsp3) is 0.778. The number of rotatable bonds is 4. The van der Waals surface area contributed by atoms with Gasteiger partial charge in [-0.3, -0.25) is 4.90 Å². The van der Waals surface area contributed by atoms with Gasteiger partial charge in [-0.2, -0.15) is 4.31 Å². The zero-order valence-electron chi connectivity index (χ0n) is 8.95. The number of alkyl halides is 1. The Morgan fingerprint density at radius 3 is 2.27 bits per heavy atom. The molecule has 0 aromatic rings. The normalized spacial score (nSPS) is 20.4. The Kier molecular flexibility index (Phi) is 4.58. The summed E-state index contributed by atoms with van der Waals surface area (Å²) in [4.78, 5) is 2.17. The van der Waals surface area contributed by atoms with E-state index in [4.69, 9.17) is 11.6 Å². The SMILES string of the molecule is C=C(CCl)CN1CCN(S(C)(=O)=O)CC1. The first-order chi connectivity index (χ1) is 6.93. The molecule has 0 amide bonds. The maximum Gasteiger partial charge on any atom is 0.211 e. The third kappa shape index (κ3) is 4.10. The number of halogens is 1. The number of piperazine rings is 1. The molecule has 1 aliphatic rings. The van der Waals surface area contributed by atoms with Crippen LogP contribution in [0.25, 0.3) is 0 Å². The van der Waals surface area contributed by atoms with Crippen LogP contribution in [0.5, 0.6) is 0 Å². The first-order valence-electron chi connectivity index (χ1n) is 4.83. The molecule has 15 heavy (non-hydrogen) atoms. The van der Waals surface area contributed by atoms with Crippen LogP contribution < -0.4 is 0 Å². The molecule has 1 saturated heterocycles. The fourth-order valence-corrected chi connectivity index (χ4v) is 2.49. The molecule has 1 fully saturated rings. The summed E-state index contributed by atoms with van der Waals surface area (Å²) in [7, 11) is -3.03. The quantitative estimate of drug-likeness (QED) is 0.536. The van der Waals surface area contributed by atoms with Crippen LogP contribution in [0, 0.1) is 0 Å². The molecule has 1 rings (SSSR count). The zero-order valence-corrected chi connectivity index (χ0v) is 10.5. The second-order valence-corrected chi connectivity index (χ2v) is 6.07. The van der Waals surface area contributed by atoms with Crippen molar-refractivity contribution in [2.24, 2.45) is 0 Å². The van der Waals surface area contributed by atoms with Crippen molar-refractivity contribution in [1.29, 1.82) is 0 Å². The Hall–Kier alpha value is -0.100. The summed E-state index contributed by atoms with van der Waals surface area (Å²) in [5.74, 6) is 0.465. The molecule has 0 unspecified atom stereocenters. The maximum absolute atomic E-state index is 11.2. The Labute approximate surface area is 96.5 Å². The molecule has 0 bridgehead atoms. The summed E-state index contributed by atoms with van der Waals surface area (Å²) >= 11 is 5.64. The highest BCUT2D eigenvalue weighted by Crippen LogP contribution is 2.07. The average Bonchev–Trinajstić information content (AvgIpc) is 2.17. The van der Waals surface area contributed by atoms with Gasteiger partial charge in [0.25, 0.3) is 0 Å². The van der Waals surface area contributed by atoms with Crippen molar-refractivity contribution in [3.63, 3.8) is 0 Å². The molecule has 0 saturated carbocycles. The highest BCUT2D eigenvalue weighted by molar-refractivity contribution is 7.88. The molecule has 0 spiro atoms. The first-order valence-corrected chi connectivity index (χ1v) is 7.22. The molecule has 4 nitrogen and oxygen atoms in total. The van der Waals surface area contributed by atoms with Gasteiger partial charge in [0.05, 0.1) is 6.26 Å². The van der Waals surface area contributed by atoms with E-state index in [1.54, 1.807) is 0 Å². The average molecular weight is 253 g/mol. The van der Waals surface area contributed by atoms with Crippen LogP contribution in [0.2, 0.25) is 0 Å². The lowest BCUT2D eigenvalue weighted by Crippen LogP contribution is -2.48. The van der Waals surface area contributed by atoms with Gasteiger partial charge in [0.1, 0.15) is 0 Å². The highest BCUT2D eigenvalue weighted by Gasteiger charge is 2.23. The lowest BCUT2D eigenvalue weighted by molar-refractivity contribution is 0.202. The van der Waals surface area contributed by atoms with Crippen LogP contribution in [-0.2, 0) is 10.0 Å². The number of sulfonamides is 1. The van der Waals surface area contributed by atoms with Crippen LogP contribution in [0.15, 0.2) is 12.2 Å². The van der Waals surface area contributed by atoms with E-state index in [1.165, 1.54) is 10.6 Å². The van der Waals surface area contributed by atoms with Gasteiger partial charge < -0.3 is 0 Å². The van der Waals surface area contributed by atoms with E-state index in [1.807, 2.05) is 0 Å². The lowest BCUT2D eigenvalue weighted by atomic mass is 10.3. The standard InChI is InChI=1S/C9H17ClN2O2S/c1-9(7-10)8-11-3-5-12(6-4-11)15(2,13)14/h1,3-8H2,2H3. The molecule has 0 radical (unpaired) electrons. The maximum atomic E-state index is 11.2. The van der Waals surface area contributed by atoms with Crippen LogP contribution in [0.1, 0.15) is 0 Å². The van der Waals surface area contributed by atoms with Gasteiger partial charge in [-0.25, -0.2) is 8.42 Å². The molecule has 0 aromatic carbocycles. The van der Waals surface area contributed by atoms with Crippen molar-refractivity contribution in [2.45, 2.75) is 0 Å². The Balaban J connectivity index is 2.40. The van der Waals surface area contributed by atoms with Gasteiger partial charge >= 0.3 is 0 Å². The van der Waals surface area contributed by atoms with Gasteiger partial charge in [-0.15, -0.1) is 11.6 Å². The van der Waals surface area contributed by atoms with Gasteiger partial charge in [0.15, 0.2) is 0 Å². The summed E-state index contributed by atoms with van der Waals surface area (Å²) in [5.41, 5.74) is 0.976.